The number of nitrogens with two attached hydrogens (primary N) is 1. The average molecular weight is 440 g/mol. The van der Waals surface area contributed by atoms with Gasteiger partial charge in [0.2, 0.25) is 0 Å². The number of Topliss-reactive ketones (excluding diaryl/α,β-unsaturated/α-hetero) is 1. The summed E-state index contributed by atoms with van der Waals surface area (Å²) in [7, 11) is 1.51. The summed E-state index contributed by atoms with van der Waals surface area (Å²) in [6.07, 6.45) is 0.332. The first-order chi connectivity index (χ1) is 14.8. The lowest BCUT2D eigenvalue weighted by atomic mass is 9.98. The van der Waals surface area contributed by atoms with Crippen LogP contribution in [0.25, 0.3) is 22.3 Å². The fourth-order valence-corrected chi connectivity index (χ4v) is 3.89. The van der Waals surface area contributed by atoms with Gasteiger partial charge in [0, 0.05) is 29.3 Å². The smallest absolute Gasteiger partial charge is 0.199 e. The summed E-state index contributed by atoms with van der Waals surface area (Å²) in [5.41, 5.74) is 9.44. The van der Waals surface area contributed by atoms with Gasteiger partial charge in [-0.2, -0.15) is 0 Å². The summed E-state index contributed by atoms with van der Waals surface area (Å²) in [5, 5.41) is 8.55. The van der Waals surface area contributed by atoms with Gasteiger partial charge < -0.3 is 10.5 Å². The number of allylic oxidation sites excluding steroid dienone is 2. The van der Waals surface area contributed by atoms with Crippen LogP contribution >= 0.6 is 11.6 Å². The minimum atomic E-state index is -0.331. The number of hydrogen-bond acceptors (Lipinski definition) is 6. The van der Waals surface area contributed by atoms with Crippen LogP contribution in [-0.2, 0) is 11.2 Å². The van der Waals surface area contributed by atoms with Gasteiger partial charge in [0.15, 0.2) is 16.6 Å². The Balaban J connectivity index is 2.00. The maximum Gasteiger partial charge on any atom is 0.199 e. The molecular weight excluding hydrogens is 421 g/mol. The molecule has 0 aliphatic carbocycles. The van der Waals surface area contributed by atoms with E-state index in [0.717, 1.165) is 5.56 Å². The Kier molecular flexibility index (Phi) is 5.32. The summed E-state index contributed by atoms with van der Waals surface area (Å²) >= 11 is 6.38. The lowest BCUT2D eigenvalue weighted by Crippen LogP contribution is -2.08. The summed E-state index contributed by atoms with van der Waals surface area (Å²) < 4.78 is 21.0. The van der Waals surface area contributed by atoms with Gasteiger partial charge >= 0.3 is 0 Å². The summed E-state index contributed by atoms with van der Waals surface area (Å²) in [6.45, 7) is 3.09. The molecule has 0 saturated carbocycles. The zero-order valence-electron chi connectivity index (χ0n) is 17.1. The van der Waals surface area contributed by atoms with Gasteiger partial charge in [0.1, 0.15) is 17.4 Å². The molecule has 0 radical (unpaired) electrons. The van der Waals surface area contributed by atoms with Crippen LogP contribution in [0.3, 0.4) is 0 Å². The van der Waals surface area contributed by atoms with E-state index in [1.165, 1.54) is 26.2 Å². The summed E-state index contributed by atoms with van der Waals surface area (Å²) in [5.74, 6) is 0.476. The Morgan fingerprint density at radius 3 is 2.65 bits per heavy atom. The van der Waals surface area contributed by atoms with Gasteiger partial charge in [0.25, 0.3) is 0 Å². The van der Waals surface area contributed by atoms with E-state index < -0.39 is 0 Å². The lowest BCUT2D eigenvalue weighted by molar-refractivity contribution is -0.111. The van der Waals surface area contributed by atoms with Crippen molar-refractivity contribution in [2.45, 2.75) is 20.3 Å². The minimum Gasteiger partial charge on any atom is -0.496 e. The molecule has 0 unspecified atom stereocenters. The number of carbonyl (C=O) groups excluding carboxylic acids is 1. The highest BCUT2D eigenvalue weighted by atomic mass is 35.5. The fourth-order valence-electron chi connectivity index (χ4n) is 3.67. The largest absolute Gasteiger partial charge is 0.496 e. The van der Waals surface area contributed by atoms with Crippen molar-refractivity contribution in [3.63, 3.8) is 0 Å². The van der Waals surface area contributed by atoms with E-state index >= 15 is 0 Å². The van der Waals surface area contributed by atoms with Crippen molar-refractivity contribution < 1.29 is 13.9 Å². The highest BCUT2D eigenvalue weighted by Crippen LogP contribution is 2.34. The second-order valence-electron chi connectivity index (χ2n) is 7.14. The number of nitrogens with zero attached hydrogens (tertiary/aromatic N) is 4. The van der Waals surface area contributed by atoms with Crippen LogP contribution in [0.15, 0.2) is 42.1 Å². The molecule has 9 heteroatoms. The Bertz CT molecular complexity index is 1380. The zero-order valence-corrected chi connectivity index (χ0v) is 17.9. The topological polar surface area (TPSA) is 95.4 Å². The van der Waals surface area contributed by atoms with Crippen LogP contribution < -0.4 is 10.5 Å². The molecule has 4 rings (SSSR count). The first kappa shape index (κ1) is 20.7. The molecule has 0 aliphatic heterocycles. The second-order valence-corrected chi connectivity index (χ2v) is 7.50. The van der Waals surface area contributed by atoms with Crippen molar-refractivity contribution >= 4 is 39.6 Å². The van der Waals surface area contributed by atoms with E-state index in [1.54, 1.807) is 29.5 Å². The molecule has 158 valence electrons. The predicted molar refractivity (Wildman–Crippen MR) is 117 cm³/mol. The molecule has 31 heavy (non-hydrogen) atoms. The molecule has 0 atom stereocenters. The van der Waals surface area contributed by atoms with E-state index in [-0.39, 0.29) is 16.8 Å². The van der Waals surface area contributed by atoms with Gasteiger partial charge in [0.05, 0.1) is 18.1 Å². The quantitative estimate of drug-likeness (QED) is 0.473. The number of halogens is 2. The molecule has 2 aromatic heterocycles. The molecule has 7 nitrogen and oxygen atoms in total. The molecule has 0 bridgehead atoms. The third-order valence-electron chi connectivity index (χ3n) is 4.94. The third-order valence-corrected chi connectivity index (χ3v) is 5.19. The molecule has 4 aromatic rings. The maximum absolute atomic E-state index is 13.6. The number of benzene rings is 2. The average Bonchev–Trinajstić information content (AvgIpc) is 3.12. The van der Waals surface area contributed by atoms with Gasteiger partial charge in [-0.25, -0.2) is 9.37 Å². The van der Waals surface area contributed by atoms with Crippen molar-refractivity contribution in [3.8, 4) is 5.75 Å². The van der Waals surface area contributed by atoms with Crippen LogP contribution in [-0.4, -0.2) is 32.5 Å². The number of aromatic nitrogens is 4. The highest BCUT2D eigenvalue weighted by molar-refractivity contribution is 6.32. The first-order valence-electron chi connectivity index (χ1n) is 9.43. The van der Waals surface area contributed by atoms with E-state index in [0.29, 0.717) is 51.5 Å². The number of ketones is 1. The Hall–Kier alpha value is -3.52. The number of carbonyl (C=O) groups is 1. The predicted octanol–water partition coefficient (Wildman–Crippen LogP) is 3.95. The van der Waals surface area contributed by atoms with E-state index in [9.17, 15) is 9.18 Å². The van der Waals surface area contributed by atoms with E-state index in [2.05, 4.69) is 15.2 Å². The van der Waals surface area contributed by atoms with E-state index in [1.807, 2.05) is 6.07 Å². The number of fused-ring (bicyclic) bond motifs is 3. The van der Waals surface area contributed by atoms with Crippen LogP contribution in [0, 0.1) is 5.82 Å². The third kappa shape index (κ3) is 3.70. The molecule has 0 saturated heterocycles. The summed E-state index contributed by atoms with van der Waals surface area (Å²) in [6, 6.07) is 9.72. The molecule has 2 N–H and O–H groups in total. The highest BCUT2D eigenvalue weighted by Gasteiger charge is 2.20. The summed E-state index contributed by atoms with van der Waals surface area (Å²) in [4.78, 5) is 16.6. The maximum atomic E-state index is 13.6. The molecule has 2 heterocycles. The lowest BCUT2D eigenvalue weighted by Gasteiger charge is -2.14. The van der Waals surface area contributed by atoms with Crippen LogP contribution in [0.5, 0.6) is 5.75 Å². The molecule has 0 aliphatic rings. The van der Waals surface area contributed by atoms with Crippen molar-refractivity contribution in [2.75, 3.05) is 7.11 Å². The number of rotatable bonds is 5. The SMILES string of the molecule is COc1cc2c(cc1C(C(C)=O)=C(C)N)nc(Cl)c1nnc(Cc3cccc(F)c3)n12. The normalized spacial score (nSPS) is 12.3. The van der Waals surface area contributed by atoms with E-state index in [4.69, 9.17) is 22.1 Å². The molecule has 0 spiro atoms. The van der Waals surface area contributed by atoms with Gasteiger partial charge in [-0.3, -0.25) is 9.20 Å². The zero-order chi connectivity index (χ0) is 22.3. The number of methoxy groups -OCH3 is 1. The van der Waals surface area contributed by atoms with Gasteiger partial charge in [-0.05, 0) is 37.6 Å². The monoisotopic (exact) mass is 439 g/mol. The van der Waals surface area contributed by atoms with Gasteiger partial charge in [-0.1, -0.05) is 23.7 Å². The second kappa shape index (κ2) is 7.96. The molecule has 0 fully saturated rings. The Morgan fingerprint density at radius 1 is 1.23 bits per heavy atom. The van der Waals surface area contributed by atoms with Gasteiger partial charge in [-0.15, -0.1) is 10.2 Å². The fraction of sp³-hybridized carbons (Fsp3) is 0.182. The van der Waals surface area contributed by atoms with Crippen molar-refractivity contribution in [1.29, 1.82) is 0 Å². The first-order valence-corrected chi connectivity index (χ1v) is 9.81. The number of hydrogen-bond donors (Lipinski definition) is 1. The van der Waals surface area contributed by atoms with Crippen LogP contribution in [0.1, 0.15) is 30.8 Å². The molecular formula is C22H19ClFN5O2. The molecule has 2 aromatic carbocycles. The standard InChI is InChI=1S/C22H19ClFN5O2/c1-11(25)20(12(2)30)15-9-16-17(10-18(15)31-3)29-19(27-28-22(29)21(23)26-16)8-13-5-4-6-14(24)7-13/h4-7,9-10H,8,25H2,1-3H3. The van der Waals surface area contributed by atoms with Crippen LogP contribution in [0.4, 0.5) is 4.39 Å². The number of ether oxygens (including phenoxy) is 1. The van der Waals surface area contributed by atoms with Crippen molar-refractivity contribution in [2.24, 2.45) is 5.73 Å². The molecule has 0 amide bonds. The Labute approximate surface area is 182 Å². The van der Waals surface area contributed by atoms with Crippen molar-refractivity contribution in [1.82, 2.24) is 19.6 Å². The van der Waals surface area contributed by atoms with Crippen molar-refractivity contribution in [3.05, 3.63) is 70.0 Å². The van der Waals surface area contributed by atoms with Crippen LogP contribution in [0.2, 0.25) is 5.15 Å². The minimum absolute atomic E-state index is 0.152. The Morgan fingerprint density at radius 2 is 2.00 bits per heavy atom.